The van der Waals surface area contributed by atoms with Crippen molar-refractivity contribution in [2.24, 2.45) is 0 Å². The van der Waals surface area contributed by atoms with Crippen molar-refractivity contribution in [2.45, 2.75) is 50.9 Å². The van der Waals surface area contributed by atoms with Crippen molar-refractivity contribution in [3.8, 4) is 34.0 Å². The molecule has 310 valence electrons. The molecule has 4 aromatic carbocycles. The molecule has 0 bridgehead atoms. The SMILES string of the molecule is CN1CCC[C@H]1COc1cccc(-c2cnc3ccc(NCc4ccccc4)nn23)c1.c1ccc(CNc2ccc3ncc(-c4cccc(OC[C@@H]5CCCN5)c4)n3n2)cc1. The van der Waals surface area contributed by atoms with E-state index < -0.39 is 0 Å². The zero-order valence-electron chi connectivity index (χ0n) is 34.5. The average molecular weight is 813 g/mol. The van der Waals surface area contributed by atoms with Crippen LogP contribution in [0.5, 0.6) is 11.5 Å². The third kappa shape index (κ3) is 10.00. The fraction of sp³-hybridized carbons (Fsp3) is 0.265. The lowest BCUT2D eigenvalue weighted by Gasteiger charge is -2.19. The van der Waals surface area contributed by atoms with Crippen molar-refractivity contribution >= 4 is 22.9 Å². The van der Waals surface area contributed by atoms with Gasteiger partial charge in [-0.2, -0.15) is 0 Å². The van der Waals surface area contributed by atoms with Crippen molar-refractivity contribution in [2.75, 3.05) is 44.0 Å². The Morgan fingerprint density at radius 1 is 0.607 bits per heavy atom. The summed E-state index contributed by atoms with van der Waals surface area (Å²) >= 11 is 0. The van der Waals surface area contributed by atoms with Crippen LogP contribution in [0.3, 0.4) is 0 Å². The van der Waals surface area contributed by atoms with E-state index in [9.17, 15) is 0 Å². The molecule has 2 atom stereocenters. The first-order valence-corrected chi connectivity index (χ1v) is 21.3. The van der Waals surface area contributed by atoms with Gasteiger partial charge in [-0.3, -0.25) is 0 Å². The number of hydrogen-bond donors (Lipinski definition) is 3. The highest BCUT2D eigenvalue weighted by molar-refractivity contribution is 5.66. The van der Waals surface area contributed by atoms with E-state index in [0.29, 0.717) is 18.7 Å². The second-order valence-electron chi connectivity index (χ2n) is 15.7. The Labute approximate surface area is 356 Å². The summed E-state index contributed by atoms with van der Waals surface area (Å²) in [5, 5.41) is 19.8. The van der Waals surface area contributed by atoms with Gasteiger partial charge in [-0.1, -0.05) is 84.9 Å². The maximum atomic E-state index is 6.12. The lowest BCUT2D eigenvalue weighted by atomic mass is 10.1. The predicted octanol–water partition coefficient (Wildman–Crippen LogP) is 8.62. The first-order chi connectivity index (χ1) is 30.1. The number of nitrogens with one attached hydrogen (secondary N) is 3. The maximum absolute atomic E-state index is 6.12. The van der Waals surface area contributed by atoms with Gasteiger partial charge in [0.2, 0.25) is 0 Å². The summed E-state index contributed by atoms with van der Waals surface area (Å²) in [6, 6.07) is 45.8. The number of aromatic nitrogens is 6. The van der Waals surface area contributed by atoms with Crippen molar-refractivity contribution in [3.05, 3.63) is 157 Å². The second kappa shape index (κ2) is 19.1. The van der Waals surface area contributed by atoms with Crippen LogP contribution in [0.1, 0.15) is 36.8 Å². The summed E-state index contributed by atoms with van der Waals surface area (Å²) in [7, 11) is 2.17. The van der Waals surface area contributed by atoms with Gasteiger partial charge in [0, 0.05) is 36.3 Å². The molecular weight excluding hydrogens is 761 g/mol. The van der Waals surface area contributed by atoms with Crippen LogP contribution in [-0.2, 0) is 13.1 Å². The van der Waals surface area contributed by atoms with Gasteiger partial charge in [-0.15, -0.1) is 10.2 Å². The molecule has 10 rings (SSSR count). The van der Waals surface area contributed by atoms with E-state index >= 15 is 0 Å². The Morgan fingerprint density at radius 3 is 1.67 bits per heavy atom. The Balaban J connectivity index is 0.000000156. The molecule has 0 spiro atoms. The largest absolute Gasteiger partial charge is 0.492 e. The molecule has 0 radical (unpaired) electrons. The molecule has 8 aromatic rings. The van der Waals surface area contributed by atoms with Gasteiger partial charge in [-0.25, -0.2) is 19.0 Å². The van der Waals surface area contributed by atoms with E-state index in [1.54, 1.807) is 0 Å². The van der Waals surface area contributed by atoms with Gasteiger partial charge in [0.15, 0.2) is 11.3 Å². The molecule has 0 aliphatic carbocycles. The molecule has 0 unspecified atom stereocenters. The lowest BCUT2D eigenvalue weighted by molar-refractivity contribution is 0.198. The Kier molecular flexibility index (Phi) is 12.4. The van der Waals surface area contributed by atoms with Crippen LogP contribution in [0.4, 0.5) is 11.6 Å². The molecule has 2 aliphatic heterocycles. The summed E-state index contributed by atoms with van der Waals surface area (Å²) in [6.45, 7) is 5.11. The summed E-state index contributed by atoms with van der Waals surface area (Å²) < 4.78 is 15.9. The molecule has 61 heavy (non-hydrogen) atoms. The number of likely N-dealkylation sites (tertiary alicyclic amines) is 1. The molecule has 0 amide bonds. The van der Waals surface area contributed by atoms with Crippen molar-refractivity contribution < 1.29 is 9.47 Å². The zero-order chi connectivity index (χ0) is 41.2. The summed E-state index contributed by atoms with van der Waals surface area (Å²) in [4.78, 5) is 11.4. The molecular formula is C49H52N10O2. The molecule has 0 saturated carbocycles. The van der Waals surface area contributed by atoms with Crippen LogP contribution in [0, 0.1) is 0 Å². The minimum Gasteiger partial charge on any atom is -0.492 e. The summed E-state index contributed by atoms with van der Waals surface area (Å²) in [5.74, 6) is 3.37. The van der Waals surface area contributed by atoms with Gasteiger partial charge in [0.1, 0.15) is 36.3 Å². The first kappa shape index (κ1) is 39.7. The van der Waals surface area contributed by atoms with Crippen molar-refractivity contribution in [3.63, 3.8) is 0 Å². The topological polar surface area (TPSA) is 118 Å². The van der Waals surface area contributed by atoms with Gasteiger partial charge < -0.3 is 30.3 Å². The summed E-state index contributed by atoms with van der Waals surface area (Å²) in [6.07, 6.45) is 8.58. The minimum atomic E-state index is 0.448. The number of ether oxygens (including phenoxy) is 2. The van der Waals surface area contributed by atoms with Crippen LogP contribution >= 0.6 is 0 Å². The highest BCUT2D eigenvalue weighted by Gasteiger charge is 2.21. The maximum Gasteiger partial charge on any atom is 0.154 e. The summed E-state index contributed by atoms with van der Waals surface area (Å²) in [5.41, 5.74) is 8.03. The fourth-order valence-corrected chi connectivity index (χ4v) is 7.87. The van der Waals surface area contributed by atoms with Gasteiger partial charge in [-0.05, 0) is 105 Å². The van der Waals surface area contributed by atoms with E-state index in [-0.39, 0.29) is 0 Å². The molecule has 3 N–H and O–H groups in total. The van der Waals surface area contributed by atoms with E-state index in [1.807, 2.05) is 106 Å². The number of imidazole rings is 2. The van der Waals surface area contributed by atoms with Crippen molar-refractivity contribution in [1.82, 2.24) is 39.4 Å². The Hall–Kier alpha value is -6.76. The number of likely N-dealkylation sites (N-methyl/N-ethyl adjacent to an activating group) is 1. The number of rotatable bonds is 14. The van der Waals surface area contributed by atoms with Crippen LogP contribution in [0.2, 0.25) is 0 Å². The highest BCUT2D eigenvalue weighted by Crippen LogP contribution is 2.27. The normalized spacial score (nSPS) is 16.3. The van der Waals surface area contributed by atoms with Crippen molar-refractivity contribution in [1.29, 1.82) is 0 Å². The Bertz CT molecular complexity index is 2640. The van der Waals surface area contributed by atoms with E-state index in [0.717, 1.165) is 89.7 Å². The first-order valence-electron chi connectivity index (χ1n) is 21.3. The Morgan fingerprint density at radius 2 is 1.16 bits per heavy atom. The number of nitrogens with zero attached hydrogens (tertiary/aromatic N) is 7. The predicted molar refractivity (Wildman–Crippen MR) is 242 cm³/mol. The molecule has 2 saturated heterocycles. The lowest BCUT2D eigenvalue weighted by Crippen LogP contribution is -2.30. The minimum absolute atomic E-state index is 0.448. The number of anilines is 2. The molecule has 2 aliphatic rings. The van der Waals surface area contributed by atoms with E-state index in [2.05, 4.69) is 86.4 Å². The molecule has 12 heteroatoms. The van der Waals surface area contributed by atoms with E-state index in [4.69, 9.17) is 19.7 Å². The van der Waals surface area contributed by atoms with Gasteiger partial charge in [0.25, 0.3) is 0 Å². The van der Waals surface area contributed by atoms with Gasteiger partial charge in [0.05, 0.1) is 23.8 Å². The third-order valence-electron chi connectivity index (χ3n) is 11.3. The number of fused-ring (bicyclic) bond motifs is 2. The fourth-order valence-electron chi connectivity index (χ4n) is 7.87. The van der Waals surface area contributed by atoms with Gasteiger partial charge >= 0.3 is 0 Å². The second-order valence-corrected chi connectivity index (χ2v) is 15.7. The van der Waals surface area contributed by atoms with Crippen LogP contribution < -0.4 is 25.4 Å². The third-order valence-corrected chi connectivity index (χ3v) is 11.3. The average Bonchev–Trinajstić information content (AvgIpc) is 4.15. The number of hydrogen-bond acceptors (Lipinski definition) is 10. The van der Waals surface area contributed by atoms with E-state index in [1.165, 1.54) is 36.8 Å². The zero-order valence-corrected chi connectivity index (χ0v) is 34.5. The van der Waals surface area contributed by atoms with Crippen LogP contribution in [0.25, 0.3) is 33.8 Å². The molecule has 12 nitrogen and oxygen atoms in total. The smallest absolute Gasteiger partial charge is 0.154 e. The molecule has 4 aromatic heterocycles. The quantitative estimate of drug-likeness (QED) is 0.0986. The standard InChI is InChI=1S/C25H27N5O.C24H25N5O/c1-29-14-6-10-21(29)18-31-22-11-5-9-20(15-22)23-17-27-25-13-12-24(28-30(23)25)26-16-19-7-3-2-4-8-19;1-2-6-18(7-3-1)15-26-23-11-12-24-27-16-22(29(24)28-23)19-8-4-10-21(14-19)30-17-20-9-5-13-25-20/h2-5,7-9,11-13,15,17,21H,6,10,14,16,18H2,1H3,(H,26,28);1-4,6-8,10-12,14,16,20,25H,5,9,13,15,17H2,(H,26,28)/t21-;20-/m00/s1. The number of benzene rings is 4. The van der Waals surface area contributed by atoms with Crippen LogP contribution in [-0.4, -0.2) is 79.5 Å². The van der Waals surface area contributed by atoms with Crippen LogP contribution in [0.15, 0.2) is 146 Å². The molecule has 6 heterocycles. The monoisotopic (exact) mass is 812 g/mol. The molecule has 2 fully saturated rings. The highest BCUT2D eigenvalue weighted by atomic mass is 16.5.